The Hall–Kier alpha value is -3.10. The second-order valence-corrected chi connectivity index (χ2v) is 7.75. The van der Waals surface area contributed by atoms with Crippen LogP contribution in [0, 0.1) is 5.82 Å². The van der Waals surface area contributed by atoms with Gasteiger partial charge < -0.3 is 10.6 Å². The van der Waals surface area contributed by atoms with Gasteiger partial charge in [0.25, 0.3) is 5.91 Å². The summed E-state index contributed by atoms with van der Waals surface area (Å²) in [5.74, 6) is -2.75. The fraction of sp³-hybridized carbons (Fsp3) is 0.130. The van der Waals surface area contributed by atoms with Gasteiger partial charge >= 0.3 is 6.18 Å². The van der Waals surface area contributed by atoms with Crippen molar-refractivity contribution in [1.29, 1.82) is 0 Å². The molecule has 2 amide bonds. The monoisotopic (exact) mass is 498 g/mol. The van der Waals surface area contributed by atoms with Crippen LogP contribution in [-0.2, 0) is 6.18 Å². The summed E-state index contributed by atoms with van der Waals surface area (Å²) in [5, 5.41) is -0.124. The molecular formula is C23H16Cl2F4N2O2. The van der Waals surface area contributed by atoms with E-state index in [4.69, 9.17) is 28.9 Å². The molecule has 3 rings (SSSR count). The summed E-state index contributed by atoms with van der Waals surface area (Å²) >= 11 is 12.1. The number of carbonyl (C=O) groups is 2. The summed E-state index contributed by atoms with van der Waals surface area (Å²) in [7, 11) is 0. The van der Waals surface area contributed by atoms with Gasteiger partial charge in [-0.25, -0.2) is 4.39 Å². The van der Waals surface area contributed by atoms with E-state index < -0.39 is 40.6 Å². The number of rotatable bonds is 5. The molecule has 172 valence electrons. The van der Waals surface area contributed by atoms with E-state index in [0.29, 0.717) is 0 Å². The smallest absolute Gasteiger partial charge is 0.366 e. The second-order valence-electron chi connectivity index (χ2n) is 6.93. The van der Waals surface area contributed by atoms with Crippen molar-refractivity contribution in [1.82, 2.24) is 0 Å². The molecule has 0 spiro atoms. The van der Waals surface area contributed by atoms with Crippen LogP contribution in [-0.4, -0.2) is 18.4 Å². The van der Waals surface area contributed by atoms with E-state index in [2.05, 4.69) is 0 Å². The third-order valence-electron chi connectivity index (χ3n) is 4.89. The molecule has 0 aliphatic carbocycles. The molecule has 10 heteroatoms. The quantitative estimate of drug-likeness (QED) is 0.403. The first kappa shape index (κ1) is 24.5. The van der Waals surface area contributed by atoms with Crippen molar-refractivity contribution in [3.8, 4) is 11.1 Å². The average molecular weight is 499 g/mol. The van der Waals surface area contributed by atoms with Gasteiger partial charge in [0, 0.05) is 22.7 Å². The van der Waals surface area contributed by atoms with Crippen LogP contribution in [0.15, 0.2) is 54.6 Å². The number of benzene rings is 3. The Morgan fingerprint density at radius 2 is 1.70 bits per heavy atom. The Kier molecular flexibility index (Phi) is 7.00. The number of nitrogens with two attached hydrogens (primary N) is 1. The van der Waals surface area contributed by atoms with Gasteiger partial charge in [0.15, 0.2) is 0 Å². The highest BCUT2D eigenvalue weighted by molar-refractivity contribution is 6.34. The molecule has 0 saturated heterocycles. The molecule has 2 N–H and O–H groups in total. The molecule has 0 aliphatic heterocycles. The van der Waals surface area contributed by atoms with Crippen molar-refractivity contribution >= 4 is 40.7 Å². The number of halogens is 6. The first-order chi connectivity index (χ1) is 15.5. The summed E-state index contributed by atoms with van der Waals surface area (Å²) in [4.78, 5) is 25.3. The molecule has 3 aromatic carbocycles. The van der Waals surface area contributed by atoms with Gasteiger partial charge in [-0.05, 0) is 55.0 Å². The van der Waals surface area contributed by atoms with Gasteiger partial charge in [0.2, 0.25) is 5.91 Å². The van der Waals surface area contributed by atoms with E-state index in [9.17, 15) is 27.2 Å². The first-order valence-electron chi connectivity index (χ1n) is 9.52. The van der Waals surface area contributed by atoms with Crippen LogP contribution in [0.1, 0.15) is 33.2 Å². The minimum Gasteiger partial charge on any atom is -0.366 e. The fourth-order valence-electron chi connectivity index (χ4n) is 3.33. The zero-order valence-corrected chi connectivity index (χ0v) is 18.5. The molecule has 0 atom stereocenters. The molecule has 0 fully saturated rings. The lowest BCUT2D eigenvalue weighted by Crippen LogP contribution is -2.33. The maximum absolute atomic E-state index is 14.3. The van der Waals surface area contributed by atoms with Gasteiger partial charge in [0.1, 0.15) is 5.82 Å². The van der Waals surface area contributed by atoms with Crippen LogP contribution in [0.3, 0.4) is 0 Å². The highest BCUT2D eigenvalue weighted by Crippen LogP contribution is 2.41. The summed E-state index contributed by atoms with van der Waals surface area (Å²) < 4.78 is 56.4. The maximum Gasteiger partial charge on any atom is 0.418 e. The molecule has 0 unspecified atom stereocenters. The lowest BCUT2D eigenvalue weighted by molar-refractivity contribution is -0.137. The highest BCUT2D eigenvalue weighted by Gasteiger charge is 2.37. The number of primary amides is 1. The van der Waals surface area contributed by atoms with Crippen molar-refractivity contribution in [2.75, 3.05) is 11.4 Å². The molecule has 0 radical (unpaired) electrons. The van der Waals surface area contributed by atoms with Crippen molar-refractivity contribution in [2.45, 2.75) is 13.1 Å². The number of nitrogens with zero attached hydrogens (tertiary/aromatic N) is 1. The first-order valence-corrected chi connectivity index (χ1v) is 10.3. The molecule has 0 aromatic heterocycles. The summed E-state index contributed by atoms with van der Waals surface area (Å²) in [6.45, 7) is 1.26. The topological polar surface area (TPSA) is 63.4 Å². The van der Waals surface area contributed by atoms with Gasteiger partial charge in [-0.3, -0.25) is 9.59 Å². The lowest BCUT2D eigenvalue weighted by atomic mass is 9.98. The predicted octanol–water partition coefficient (Wildman–Crippen LogP) is 6.58. The Morgan fingerprint density at radius 1 is 1.00 bits per heavy atom. The Labute approximate surface area is 196 Å². The average Bonchev–Trinajstić information content (AvgIpc) is 2.74. The molecule has 0 bridgehead atoms. The van der Waals surface area contributed by atoms with Crippen LogP contribution >= 0.6 is 23.2 Å². The summed E-state index contributed by atoms with van der Waals surface area (Å²) in [6.07, 6.45) is -4.87. The number of hydrogen-bond donors (Lipinski definition) is 1. The van der Waals surface area contributed by atoms with Crippen LogP contribution in [0.4, 0.5) is 23.2 Å². The van der Waals surface area contributed by atoms with E-state index in [1.54, 1.807) is 0 Å². The third-order valence-corrected chi connectivity index (χ3v) is 5.54. The van der Waals surface area contributed by atoms with Crippen molar-refractivity contribution in [2.24, 2.45) is 5.73 Å². The van der Waals surface area contributed by atoms with E-state index in [-0.39, 0.29) is 33.3 Å². The van der Waals surface area contributed by atoms with E-state index >= 15 is 0 Å². The number of anilines is 1. The minimum atomic E-state index is -4.87. The van der Waals surface area contributed by atoms with Crippen molar-refractivity contribution in [3.05, 3.63) is 87.2 Å². The Bertz CT molecular complexity index is 1230. The van der Waals surface area contributed by atoms with E-state index in [1.807, 2.05) is 0 Å². The predicted molar refractivity (Wildman–Crippen MR) is 119 cm³/mol. The SMILES string of the molecule is CCN(C(=O)c1c(F)cccc1Cl)c1ccc(-c2cc(C(N)=O)ccc2Cl)cc1C(F)(F)F. The standard InChI is InChI=1S/C23H16Cl2F4N2O2/c1-2-31(22(33)20-17(25)4-3-5-18(20)26)19-9-7-12(11-15(19)23(27,28)29)14-10-13(21(30)32)6-8-16(14)24/h3-11H,2H2,1H3,(H2,30,32). The fourth-order valence-corrected chi connectivity index (χ4v) is 3.80. The van der Waals surface area contributed by atoms with Crippen LogP contribution in [0.2, 0.25) is 10.0 Å². The molecule has 0 heterocycles. The number of amides is 2. The maximum atomic E-state index is 14.3. The van der Waals surface area contributed by atoms with Gasteiger partial charge in [0.05, 0.1) is 21.8 Å². The lowest BCUT2D eigenvalue weighted by Gasteiger charge is -2.26. The normalized spacial score (nSPS) is 11.4. The van der Waals surface area contributed by atoms with Gasteiger partial charge in [-0.15, -0.1) is 0 Å². The largest absolute Gasteiger partial charge is 0.418 e. The van der Waals surface area contributed by atoms with Crippen LogP contribution in [0.5, 0.6) is 0 Å². The van der Waals surface area contributed by atoms with Crippen molar-refractivity contribution < 1.29 is 27.2 Å². The zero-order chi connectivity index (χ0) is 24.5. The third kappa shape index (κ3) is 4.96. The molecular weight excluding hydrogens is 483 g/mol. The molecule has 4 nitrogen and oxygen atoms in total. The van der Waals surface area contributed by atoms with Gasteiger partial charge in [-0.1, -0.05) is 35.3 Å². The van der Waals surface area contributed by atoms with E-state index in [0.717, 1.165) is 23.1 Å². The van der Waals surface area contributed by atoms with Crippen LogP contribution in [0.25, 0.3) is 11.1 Å². The van der Waals surface area contributed by atoms with Crippen molar-refractivity contribution in [3.63, 3.8) is 0 Å². The second kappa shape index (κ2) is 9.41. The highest BCUT2D eigenvalue weighted by atomic mass is 35.5. The van der Waals surface area contributed by atoms with Gasteiger partial charge in [-0.2, -0.15) is 13.2 Å². The Morgan fingerprint density at radius 3 is 2.27 bits per heavy atom. The minimum absolute atomic E-state index is 0.0478. The summed E-state index contributed by atoms with van der Waals surface area (Å²) in [6, 6.07) is 10.7. The number of alkyl halides is 3. The molecule has 0 aliphatic rings. The number of carbonyl (C=O) groups excluding carboxylic acids is 2. The van der Waals surface area contributed by atoms with Crippen LogP contribution < -0.4 is 10.6 Å². The summed E-state index contributed by atoms with van der Waals surface area (Å²) in [5.41, 5.74) is 3.35. The van der Waals surface area contributed by atoms with E-state index in [1.165, 1.54) is 43.3 Å². The molecule has 33 heavy (non-hydrogen) atoms. The number of hydrogen-bond acceptors (Lipinski definition) is 2. The molecule has 0 saturated carbocycles. The zero-order valence-electron chi connectivity index (χ0n) is 17.0. The molecule has 3 aromatic rings. The Balaban J connectivity index is 2.18.